The maximum absolute atomic E-state index is 12.3. The van der Waals surface area contributed by atoms with Crippen LogP contribution in [0, 0.1) is 33.6 Å². The van der Waals surface area contributed by atoms with E-state index in [0.717, 1.165) is 33.6 Å². The van der Waals surface area contributed by atoms with Crippen molar-refractivity contribution in [3.8, 4) is 16.9 Å². The highest BCUT2D eigenvalue weighted by Crippen LogP contribution is 2.40. The number of aromatic nitrogens is 1. The van der Waals surface area contributed by atoms with Crippen molar-refractivity contribution >= 4 is 24.2 Å². The third-order valence-electron chi connectivity index (χ3n) is 6.43. The minimum absolute atomic E-state index is 0.158. The van der Waals surface area contributed by atoms with E-state index in [1.165, 1.54) is 0 Å². The molecule has 3 heterocycles. The van der Waals surface area contributed by atoms with Crippen molar-refractivity contribution in [3.63, 3.8) is 0 Å². The van der Waals surface area contributed by atoms with E-state index in [1.54, 1.807) is 19.3 Å². The number of ether oxygens (including phenoxy) is 2. The van der Waals surface area contributed by atoms with E-state index < -0.39 is 5.97 Å². The van der Waals surface area contributed by atoms with Crippen LogP contribution in [0.2, 0.25) is 0 Å². The van der Waals surface area contributed by atoms with Crippen molar-refractivity contribution in [2.45, 2.75) is 40.5 Å². The quantitative estimate of drug-likeness (QED) is 0.623. The molecular weight excluding hydrogens is 432 g/mol. The van der Waals surface area contributed by atoms with Gasteiger partial charge in [-0.2, -0.15) is 0 Å². The number of rotatable bonds is 6. The van der Waals surface area contributed by atoms with Crippen LogP contribution >= 0.6 is 0 Å². The van der Waals surface area contributed by atoms with Crippen LogP contribution < -0.4 is 4.74 Å². The van der Waals surface area contributed by atoms with Gasteiger partial charge in [0.15, 0.2) is 0 Å². The van der Waals surface area contributed by atoms with Crippen LogP contribution in [0.1, 0.15) is 50.4 Å². The van der Waals surface area contributed by atoms with E-state index in [0.29, 0.717) is 36.4 Å². The third kappa shape index (κ3) is 4.38. The summed E-state index contributed by atoms with van der Waals surface area (Å²) in [7, 11) is 0. The van der Waals surface area contributed by atoms with Crippen LogP contribution in [0.5, 0.6) is 5.75 Å². The molecule has 1 unspecified atom stereocenters. The van der Waals surface area contributed by atoms with Gasteiger partial charge in [-0.1, -0.05) is 12.2 Å². The number of esters is 1. The lowest BCUT2D eigenvalue weighted by molar-refractivity contribution is -0.145. The smallest absolute Gasteiger partial charge is 0.338 e. The molecule has 7 heteroatoms. The second kappa shape index (κ2) is 9.63. The summed E-state index contributed by atoms with van der Waals surface area (Å²) in [6.45, 7) is 8.23. The van der Waals surface area contributed by atoms with Gasteiger partial charge in [-0.05, 0) is 68.5 Å². The number of carboxylic acid groups (broad SMARTS) is 1. The van der Waals surface area contributed by atoms with Crippen LogP contribution in [-0.4, -0.2) is 41.5 Å². The predicted octanol–water partition coefficient (Wildman–Crippen LogP) is 4.78. The summed E-state index contributed by atoms with van der Waals surface area (Å²) in [5.41, 5.74) is 6.46. The zero-order chi connectivity index (χ0) is 24.4. The molecule has 0 saturated heterocycles. The Morgan fingerprint density at radius 2 is 1.94 bits per heavy atom. The zero-order valence-electron chi connectivity index (χ0n) is 19.8. The molecule has 1 N–H and O–H groups in total. The van der Waals surface area contributed by atoms with E-state index in [9.17, 15) is 14.7 Å². The molecule has 0 saturated carbocycles. The van der Waals surface area contributed by atoms with Crippen molar-refractivity contribution in [1.82, 2.24) is 4.98 Å². The molecule has 0 aliphatic carbocycles. The lowest BCUT2D eigenvalue weighted by atomic mass is 9.86. The number of nitrogens with zero attached hydrogens (tertiary/aromatic N) is 2. The standard InChI is InChI=1S/C27H28N2O5/c1-15-16(2)25-19(8-6-11-33-25)13-21(15)23-17(3)22(29-18(4)24(23)26(30)31)9-12-34-27(32)20-7-5-10-28-14-20/h5-6,8,10,13-14,20H,7,9,11-12H2,1-4H3,(H,30,31). The van der Waals surface area contributed by atoms with E-state index >= 15 is 0 Å². The summed E-state index contributed by atoms with van der Waals surface area (Å²) in [5.74, 6) is -0.885. The first kappa shape index (κ1) is 23.4. The summed E-state index contributed by atoms with van der Waals surface area (Å²) >= 11 is 0. The van der Waals surface area contributed by atoms with Gasteiger partial charge in [-0.15, -0.1) is 0 Å². The predicted molar refractivity (Wildman–Crippen MR) is 131 cm³/mol. The fourth-order valence-electron chi connectivity index (χ4n) is 4.49. The average molecular weight is 461 g/mol. The average Bonchev–Trinajstić information content (AvgIpc) is 2.83. The Labute approximate surface area is 198 Å². The Kier molecular flexibility index (Phi) is 6.63. The number of hydrogen-bond acceptors (Lipinski definition) is 6. The van der Waals surface area contributed by atoms with E-state index in [-0.39, 0.29) is 24.1 Å². The van der Waals surface area contributed by atoms with Gasteiger partial charge in [-0.25, -0.2) is 4.79 Å². The van der Waals surface area contributed by atoms with Gasteiger partial charge >= 0.3 is 11.9 Å². The number of carbonyl (C=O) groups is 2. The van der Waals surface area contributed by atoms with Gasteiger partial charge in [0.25, 0.3) is 0 Å². The number of allylic oxidation sites excluding steroid dienone is 1. The lowest BCUT2D eigenvalue weighted by Crippen LogP contribution is -2.21. The van der Waals surface area contributed by atoms with Crippen molar-refractivity contribution in [2.75, 3.05) is 13.2 Å². The van der Waals surface area contributed by atoms with Gasteiger partial charge < -0.3 is 14.6 Å². The Bertz CT molecular complexity index is 1260. The van der Waals surface area contributed by atoms with Crippen LogP contribution in [0.15, 0.2) is 29.4 Å². The van der Waals surface area contributed by atoms with Crippen molar-refractivity contribution in [3.05, 3.63) is 63.6 Å². The summed E-state index contributed by atoms with van der Waals surface area (Å²) in [6, 6.07) is 1.99. The first-order chi connectivity index (χ1) is 16.3. The molecule has 0 spiro atoms. The van der Waals surface area contributed by atoms with Crippen LogP contribution in [-0.2, 0) is 16.0 Å². The third-order valence-corrected chi connectivity index (χ3v) is 6.43. The molecule has 7 nitrogen and oxygen atoms in total. The molecule has 1 aromatic heterocycles. The highest BCUT2D eigenvalue weighted by atomic mass is 16.5. The number of pyridine rings is 1. The van der Waals surface area contributed by atoms with Crippen LogP contribution in [0.3, 0.4) is 0 Å². The molecule has 0 fully saturated rings. The number of carbonyl (C=O) groups excluding carboxylic acids is 1. The van der Waals surface area contributed by atoms with Crippen molar-refractivity contribution < 1.29 is 24.2 Å². The summed E-state index contributed by atoms with van der Waals surface area (Å²) in [4.78, 5) is 33.2. The second-order valence-electron chi connectivity index (χ2n) is 8.57. The number of fused-ring (bicyclic) bond motifs is 1. The van der Waals surface area contributed by atoms with Gasteiger partial charge in [-0.3, -0.25) is 14.8 Å². The number of aromatic carboxylic acids is 1. The topological polar surface area (TPSA) is 98.1 Å². The van der Waals surface area contributed by atoms with E-state index in [1.807, 2.05) is 45.1 Å². The number of hydrogen-bond donors (Lipinski definition) is 1. The van der Waals surface area contributed by atoms with E-state index in [2.05, 4.69) is 9.98 Å². The first-order valence-electron chi connectivity index (χ1n) is 11.3. The zero-order valence-corrected chi connectivity index (χ0v) is 19.8. The maximum Gasteiger partial charge on any atom is 0.338 e. The Hall–Kier alpha value is -3.74. The lowest BCUT2D eigenvalue weighted by Gasteiger charge is -2.23. The monoisotopic (exact) mass is 460 g/mol. The maximum atomic E-state index is 12.3. The molecule has 2 aliphatic heterocycles. The molecule has 4 rings (SSSR count). The van der Waals surface area contributed by atoms with Gasteiger partial charge in [0, 0.05) is 35.7 Å². The molecule has 1 aromatic carbocycles. The Balaban J connectivity index is 1.71. The van der Waals surface area contributed by atoms with E-state index in [4.69, 9.17) is 9.47 Å². The highest BCUT2D eigenvalue weighted by molar-refractivity contribution is 5.99. The minimum atomic E-state index is -1.02. The molecule has 1 atom stereocenters. The highest BCUT2D eigenvalue weighted by Gasteiger charge is 2.25. The second-order valence-corrected chi connectivity index (χ2v) is 8.57. The molecule has 0 amide bonds. The number of benzene rings is 1. The SMILES string of the molecule is Cc1nc(CCOC(=O)C2C=NC=CC2)c(C)c(-c2cc3c(c(C)c2C)OCC=C3)c1C(=O)O. The molecule has 34 heavy (non-hydrogen) atoms. The van der Waals surface area contributed by atoms with Gasteiger partial charge in [0.1, 0.15) is 12.4 Å². The van der Waals surface area contributed by atoms with Crippen LogP contribution in [0.25, 0.3) is 17.2 Å². The largest absolute Gasteiger partial charge is 0.489 e. The molecule has 0 radical (unpaired) electrons. The van der Waals surface area contributed by atoms with Crippen molar-refractivity contribution in [2.24, 2.45) is 10.9 Å². The normalized spacial score (nSPS) is 16.2. The minimum Gasteiger partial charge on any atom is -0.489 e. The number of carboxylic acids is 1. The summed E-state index contributed by atoms with van der Waals surface area (Å²) in [6.07, 6.45) is 10.00. The molecule has 176 valence electrons. The molecular formula is C27H28N2O5. The first-order valence-corrected chi connectivity index (χ1v) is 11.3. The Morgan fingerprint density at radius 1 is 1.15 bits per heavy atom. The Morgan fingerprint density at radius 3 is 2.65 bits per heavy atom. The number of aryl methyl sites for hydroxylation is 1. The molecule has 2 aliphatic rings. The van der Waals surface area contributed by atoms with Gasteiger partial charge in [0.2, 0.25) is 0 Å². The van der Waals surface area contributed by atoms with Crippen molar-refractivity contribution in [1.29, 1.82) is 0 Å². The number of aliphatic imine (C=N–C) groups is 1. The van der Waals surface area contributed by atoms with Gasteiger partial charge in [0.05, 0.1) is 23.8 Å². The summed E-state index contributed by atoms with van der Waals surface area (Å²) in [5, 5.41) is 10.0. The molecule has 2 aromatic rings. The summed E-state index contributed by atoms with van der Waals surface area (Å²) < 4.78 is 11.3. The fraction of sp³-hybridized carbons (Fsp3) is 0.333. The van der Waals surface area contributed by atoms with Crippen LogP contribution in [0.4, 0.5) is 0 Å². The molecule has 0 bridgehead atoms. The fourth-order valence-corrected chi connectivity index (χ4v) is 4.49.